The van der Waals surface area contributed by atoms with Crippen molar-refractivity contribution in [2.75, 3.05) is 22.1 Å². The summed E-state index contributed by atoms with van der Waals surface area (Å²) < 4.78 is 0. The highest BCUT2D eigenvalue weighted by Gasteiger charge is 2.07. The van der Waals surface area contributed by atoms with E-state index in [1.54, 1.807) is 0 Å². The van der Waals surface area contributed by atoms with Crippen LogP contribution < -0.4 is 10.6 Å². The zero-order valence-electron chi connectivity index (χ0n) is 16.3. The lowest BCUT2D eigenvalue weighted by molar-refractivity contribution is -0.114. The number of amides is 2. The summed E-state index contributed by atoms with van der Waals surface area (Å²) in [6.07, 6.45) is 3.41. The number of anilines is 2. The maximum atomic E-state index is 12.0. The Balaban J connectivity index is 1.70. The molecule has 2 rings (SSSR count). The first-order chi connectivity index (χ1) is 13.0. The molecule has 2 aromatic carbocycles. The van der Waals surface area contributed by atoms with Crippen LogP contribution in [0.4, 0.5) is 11.4 Å². The van der Waals surface area contributed by atoms with Crippen molar-refractivity contribution in [2.45, 2.75) is 40.0 Å². The molecule has 0 aliphatic rings. The van der Waals surface area contributed by atoms with Crippen molar-refractivity contribution in [3.05, 3.63) is 59.2 Å². The maximum absolute atomic E-state index is 12.0. The minimum absolute atomic E-state index is 0.0970. The molecule has 27 heavy (non-hydrogen) atoms. The Morgan fingerprint density at radius 1 is 0.852 bits per heavy atom. The van der Waals surface area contributed by atoms with Crippen LogP contribution in [0.5, 0.6) is 0 Å². The van der Waals surface area contributed by atoms with E-state index in [-0.39, 0.29) is 23.3 Å². The van der Waals surface area contributed by atoms with E-state index in [9.17, 15) is 9.59 Å². The van der Waals surface area contributed by atoms with Gasteiger partial charge in [-0.05, 0) is 67.6 Å². The minimum Gasteiger partial charge on any atom is -0.325 e. The number of carbonyl (C=O) groups is 2. The number of carbonyl (C=O) groups excluding carboxylic acids is 2. The highest BCUT2D eigenvalue weighted by atomic mass is 32.2. The van der Waals surface area contributed by atoms with Crippen LogP contribution in [0.1, 0.15) is 36.5 Å². The lowest BCUT2D eigenvalue weighted by Gasteiger charge is -2.08. The molecule has 0 radical (unpaired) electrons. The summed E-state index contributed by atoms with van der Waals surface area (Å²) in [4.78, 5) is 24.0. The number of benzene rings is 2. The van der Waals surface area contributed by atoms with Crippen LogP contribution in [0, 0.1) is 13.8 Å². The Hall–Kier alpha value is -2.27. The van der Waals surface area contributed by atoms with E-state index in [2.05, 4.69) is 29.7 Å². The van der Waals surface area contributed by atoms with Gasteiger partial charge >= 0.3 is 0 Å². The zero-order valence-corrected chi connectivity index (χ0v) is 17.1. The number of unbranched alkanes of at least 4 members (excludes halogenated alkanes) is 1. The molecule has 0 saturated heterocycles. The number of hydrogen-bond donors (Lipinski definition) is 2. The second-order valence-corrected chi connectivity index (χ2v) is 7.67. The summed E-state index contributed by atoms with van der Waals surface area (Å²) >= 11 is 1.31. The molecule has 0 unspecified atom stereocenters. The average molecular weight is 385 g/mol. The normalized spacial score (nSPS) is 10.5. The predicted octanol–water partition coefficient (Wildman–Crippen LogP) is 4.96. The van der Waals surface area contributed by atoms with Crippen LogP contribution in [-0.2, 0) is 16.0 Å². The molecular formula is C22H28N2O2S. The van der Waals surface area contributed by atoms with Gasteiger partial charge in [-0.3, -0.25) is 9.59 Å². The zero-order chi connectivity index (χ0) is 19.6. The first-order valence-corrected chi connectivity index (χ1v) is 10.5. The molecule has 4 nitrogen and oxygen atoms in total. The molecule has 0 saturated carbocycles. The van der Waals surface area contributed by atoms with Gasteiger partial charge in [-0.15, -0.1) is 11.8 Å². The molecule has 0 spiro atoms. The summed E-state index contributed by atoms with van der Waals surface area (Å²) in [5.41, 5.74) is 5.20. The molecule has 144 valence electrons. The van der Waals surface area contributed by atoms with Crippen molar-refractivity contribution in [3.63, 3.8) is 0 Å². The number of rotatable bonds is 9. The van der Waals surface area contributed by atoms with Crippen LogP contribution >= 0.6 is 11.8 Å². The number of nitrogens with one attached hydrogen (secondary N) is 2. The van der Waals surface area contributed by atoms with E-state index < -0.39 is 0 Å². The quantitative estimate of drug-likeness (QED) is 0.643. The standard InChI is InChI=1S/C22H28N2O2S/c1-4-5-6-18-8-11-19(12-9-18)23-21(25)14-27-15-22(26)24-20-10-7-16(2)17(3)13-20/h7-13H,4-6,14-15H2,1-3H3,(H,23,25)(H,24,26). The lowest BCUT2D eigenvalue weighted by Crippen LogP contribution is -2.18. The molecule has 0 aromatic heterocycles. The fraction of sp³-hybridized carbons (Fsp3) is 0.364. The van der Waals surface area contributed by atoms with E-state index >= 15 is 0 Å². The van der Waals surface area contributed by atoms with Crippen molar-refractivity contribution in [3.8, 4) is 0 Å². The van der Waals surface area contributed by atoms with E-state index in [1.165, 1.54) is 35.7 Å². The molecule has 0 aliphatic carbocycles. The van der Waals surface area contributed by atoms with Crippen molar-refractivity contribution < 1.29 is 9.59 Å². The Kier molecular flexibility index (Phi) is 8.40. The SMILES string of the molecule is CCCCc1ccc(NC(=O)CSCC(=O)Nc2ccc(C)c(C)c2)cc1. The molecule has 0 fully saturated rings. The largest absolute Gasteiger partial charge is 0.325 e. The van der Waals surface area contributed by atoms with Gasteiger partial charge in [-0.2, -0.15) is 0 Å². The van der Waals surface area contributed by atoms with E-state index in [1.807, 2.05) is 44.2 Å². The molecule has 0 atom stereocenters. The predicted molar refractivity (Wildman–Crippen MR) is 116 cm³/mol. The summed E-state index contributed by atoms with van der Waals surface area (Å²) in [5, 5.41) is 5.74. The van der Waals surface area contributed by atoms with Gasteiger partial charge in [0.2, 0.25) is 11.8 Å². The average Bonchev–Trinajstić information content (AvgIpc) is 2.64. The third-order valence-electron chi connectivity index (χ3n) is 4.31. The molecule has 0 bridgehead atoms. The fourth-order valence-electron chi connectivity index (χ4n) is 2.59. The second kappa shape index (κ2) is 10.8. The van der Waals surface area contributed by atoms with Crippen molar-refractivity contribution in [1.82, 2.24) is 0 Å². The molecule has 0 aliphatic heterocycles. The molecule has 2 aromatic rings. The second-order valence-electron chi connectivity index (χ2n) is 6.69. The summed E-state index contributed by atoms with van der Waals surface area (Å²) in [6, 6.07) is 13.8. The van der Waals surface area contributed by atoms with Crippen LogP contribution in [0.15, 0.2) is 42.5 Å². The van der Waals surface area contributed by atoms with Gasteiger partial charge in [0.25, 0.3) is 0 Å². The molecule has 5 heteroatoms. The van der Waals surface area contributed by atoms with Crippen LogP contribution in [0.3, 0.4) is 0 Å². The van der Waals surface area contributed by atoms with Gasteiger partial charge < -0.3 is 10.6 Å². The summed E-state index contributed by atoms with van der Waals surface area (Å²) in [6.45, 7) is 6.23. The third-order valence-corrected chi connectivity index (χ3v) is 5.25. The molecule has 2 amide bonds. The smallest absolute Gasteiger partial charge is 0.234 e. The van der Waals surface area contributed by atoms with Gasteiger partial charge in [-0.25, -0.2) is 0 Å². The highest BCUT2D eigenvalue weighted by Crippen LogP contribution is 2.15. The van der Waals surface area contributed by atoms with Crippen LogP contribution in [-0.4, -0.2) is 23.3 Å². The number of thioether (sulfide) groups is 1. The Morgan fingerprint density at radius 2 is 1.44 bits per heavy atom. The van der Waals surface area contributed by atoms with Gasteiger partial charge in [0.15, 0.2) is 0 Å². The van der Waals surface area contributed by atoms with Crippen molar-refractivity contribution >= 4 is 35.0 Å². The molecule has 0 heterocycles. The van der Waals surface area contributed by atoms with Crippen LogP contribution in [0.2, 0.25) is 0 Å². The summed E-state index contributed by atoms with van der Waals surface area (Å²) in [5.74, 6) is 0.297. The first kappa shape index (κ1) is 21.0. The first-order valence-electron chi connectivity index (χ1n) is 9.31. The summed E-state index contributed by atoms with van der Waals surface area (Å²) in [7, 11) is 0. The maximum Gasteiger partial charge on any atom is 0.234 e. The van der Waals surface area contributed by atoms with Crippen LogP contribution in [0.25, 0.3) is 0 Å². The van der Waals surface area contributed by atoms with E-state index in [0.717, 1.165) is 23.4 Å². The van der Waals surface area contributed by atoms with E-state index in [4.69, 9.17) is 0 Å². The fourth-order valence-corrected chi connectivity index (χ4v) is 3.20. The van der Waals surface area contributed by atoms with Gasteiger partial charge in [0.05, 0.1) is 11.5 Å². The number of hydrogen-bond acceptors (Lipinski definition) is 3. The van der Waals surface area contributed by atoms with Crippen molar-refractivity contribution in [1.29, 1.82) is 0 Å². The van der Waals surface area contributed by atoms with Gasteiger partial charge in [0, 0.05) is 11.4 Å². The third kappa shape index (κ3) is 7.47. The van der Waals surface area contributed by atoms with E-state index in [0.29, 0.717) is 0 Å². The Labute approximate surface area is 166 Å². The molecular weight excluding hydrogens is 356 g/mol. The molecule has 2 N–H and O–H groups in total. The van der Waals surface area contributed by atoms with Gasteiger partial charge in [0.1, 0.15) is 0 Å². The monoisotopic (exact) mass is 384 g/mol. The van der Waals surface area contributed by atoms with Crippen molar-refractivity contribution in [2.24, 2.45) is 0 Å². The lowest BCUT2D eigenvalue weighted by atomic mass is 10.1. The minimum atomic E-state index is -0.101. The Bertz CT molecular complexity index is 772. The number of aryl methyl sites for hydroxylation is 3. The topological polar surface area (TPSA) is 58.2 Å². The highest BCUT2D eigenvalue weighted by molar-refractivity contribution is 8.00. The van der Waals surface area contributed by atoms with Gasteiger partial charge in [-0.1, -0.05) is 31.5 Å². The Morgan fingerprint density at radius 3 is 2.04 bits per heavy atom.